The molecule has 0 unspecified atom stereocenters. The lowest BCUT2D eigenvalue weighted by atomic mass is 10.1. The van der Waals surface area contributed by atoms with Crippen molar-refractivity contribution in [2.75, 3.05) is 0 Å². The first-order valence-electron chi connectivity index (χ1n) is 7.67. The standard InChI is InChI=1S/C20H19NOS/c1-15(12-16-8-4-2-5-9-16)21-14-18-13-19(23-20(18)22)17-10-6-3-7-11-17/h2-11,13-15,22H,12H2,1H3/t15-/m1/s1. The minimum Gasteiger partial charge on any atom is -0.499 e. The average molecular weight is 321 g/mol. The van der Waals surface area contributed by atoms with Crippen molar-refractivity contribution in [1.29, 1.82) is 0 Å². The van der Waals surface area contributed by atoms with Gasteiger partial charge in [-0.1, -0.05) is 72.0 Å². The fraction of sp³-hybridized carbons (Fsp3) is 0.150. The Kier molecular flexibility index (Phi) is 4.89. The first-order valence-corrected chi connectivity index (χ1v) is 8.49. The van der Waals surface area contributed by atoms with Gasteiger partial charge in [-0.2, -0.15) is 0 Å². The molecule has 0 fully saturated rings. The van der Waals surface area contributed by atoms with Gasteiger partial charge in [-0.25, -0.2) is 0 Å². The second-order valence-electron chi connectivity index (χ2n) is 5.55. The summed E-state index contributed by atoms with van der Waals surface area (Å²) in [5.74, 6) is 0. The van der Waals surface area contributed by atoms with Gasteiger partial charge in [0.1, 0.15) is 0 Å². The van der Waals surface area contributed by atoms with E-state index in [-0.39, 0.29) is 6.04 Å². The van der Waals surface area contributed by atoms with Gasteiger partial charge in [-0.15, -0.1) is 0 Å². The summed E-state index contributed by atoms with van der Waals surface area (Å²) in [4.78, 5) is 5.63. The zero-order chi connectivity index (χ0) is 16.1. The zero-order valence-corrected chi connectivity index (χ0v) is 13.8. The summed E-state index contributed by atoms with van der Waals surface area (Å²) in [7, 11) is 0. The van der Waals surface area contributed by atoms with Crippen LogP contribution in [-0.4, -0.2) is 17.4 Å². The van der Waals surface area contributed by atoms with E-state index in [0.717, 1.165) is 22.4 Å². The molecule has 2 nitrogen and oxygen atoms in total. The van der Waals surface area contributed by atoms with Crippen LogP contribution in [0.2, 0.25) is 0 Å². The Hall–Kier alpha value is -2.39. The van der Waals surface area contributed by atoms with Crippen LogP contribution in [-0.2, 0) is 6.42 Å². The molecule has 23 heavy (non-hydrogen) atoms. The molecule has 0 amide bonds. The molecular weight excluding hydrogens is 302 g/mol. The summed E-state index contributed by atoms with van der Waals surface area (Å²) in [6.07, 6.45) is 2.68. The fourth-order valence-electron chi connectivity index (χ4n) is 2.45. The van der Waals surface area contributed by atoms with E-state index in [0.29, 0.717) is 5.06 Å². The van der Waals surface area contributed by atoms with Crippen LogP contribution in [0.15, 0.2) is 71.7 Å². The molecule has 0 radical (unpaired) electrons. The van der Waals surface area contributed by atoms with E-state index in [1.54, 1.807) is 6.21 Å². The van der Waals surface area contributed by atoms with Gasteiger partial charge in [0.2, 0.25) is 0 Å². The third kappa shape index (κ3) is 4.08. The van der Waals surface area contributed by atoms with Gasteiger partial charge in [-0.05, 0) is 30.5 Å². The molecule has 3 heteroatoms. The van der Waals surface area contributed by atoms with Crippen LogP contribution in [0, 0.1) is 0 Å². The quantitative estimate of drug-likeness (QED) is 0.646. The summed E-state index contributed by atoms with van der Waals surface area (Å²) in [6, 6.07) is 22.6. The number of hydrogen-bond acceptors (Lipinski definition) is 3. The van der Waals surface area contributed by atoms with Crippen molar-refractivity contribution in [3.8, 4) is 15.5 Å². The third-order valence-electron chi connectivity index (χ3n) is 3.64. The van der Waals surface area contributed by atoms with Crippen molar-refractivity contribution in [3.63, 3.8) is 0 Å². The molecule has 116 valence electrons. The first kappa shape index (κ1) is 15.5. The number of aromatic hydroxyl groups is 1. The van der Waals surface area contributed by atoms with E-state index < -0.39 is 0 Å². The molecule has 1 aromatic heterocycles. The van der Waals surface area contributed by atoms with Crippen molar-refractivity contribution in [2.45, 2.75) is 19.4 Å². The summed E-state index contributed by atoms with van der Waals surface area (Å²) in [6.45, 7) is 2.09. The maximum Gasteiger partial charge on any atom is 0.180 e. The topological polar surface area (TPSA) is 32.6 Å². The lowest BCUT2D eigenvalue weighted by Crippen LogP contribution is -2.03. The predicted molar refractivity (Wildman–Crippen MR) is 98.6 cm³/mol. The maximum atomic E-state index is 10.1. The summed E-state index contributed by atoms with van der Waals surface area (Å²) < 4.78 is 0. The van der Waals surface area contributed by atoms with Crippen LogP contribution in [0.1, 0.15) is 18.1 Å². The Labute approximate surface area is 140 Å². The predicted octanol–water partition coefficient (Wildman–Crippen LogP) is 5.17. The first-order chi connectivity index (χ1) is 11.2. The molecule has 0 bridgehead atoms. The van der Waals surface area contributed by atoms with Gasteiger partial charge in [-0.3, -0.25) is 4.99 Å². The molecule has 0 aliphatic carbocycles. The molecule has 3 aromatic rings. The number of rotatable bonds is 5. The molecule has 0 spiro atoms. The molecule has 2 aromatic carbocycles. The van der Waals surface area contributed by atoms with Crippen molar-refractivity contribution >= 4 is 17.6 Å². The minimum atomic E-state index is 0.178. The Bertz CT molecular complexity index is 778. The molecular formula is C20H19NOS. The van der Waals surface area contributed by atoms with Gasteiger partial charge in [0.15, 0.2) is 5.06 Å². The number of aliphatic imine (C=N–C) groups is 1. The van der Waals surface area contributed by atoms with Crippen molar-refractivity contribution < 1.29 is 5.11 Å². The number of thiophene rings is 1. The molecule has 1 N–H and O–H groups in total. The smallest absolute Gasteiger partial charge is 0.180 e. The second-order valence-corrected chi connectivity index (χ2v) is 6.58. The number of nitrogens with zero attached hydrogens (tertiary/aromatic N) is 1. The third-order valence-corrected chi connectivity index (χ3v) is 4.64. The molecule has 1 heterocycles. The second kappa shape index (κ2) is 7.25. The van der Waals surface area contributed by atoms with Crippen LogP contribution in [0.4, 0.5) is 0 Å². The SMILES string of the molecule is C[C@H](Cc1ccccc1)N=Cc1cc(-c2ccccc2)sc1O. The van der Waals surface area contributed by atoms with Crippen LogP contribution in [0.3, 0.4) is 0 Å². The summed E-state index contributed by atoms with van der Waals surface area (Å²) >= 11 is 1.39. The Morgan fingerprint density at radius 3 is 2.39 bits per heavy atom. The highest BCUT2D eigenvalue weighted by molar-refractivity contribution is 7.17. The maximum absolute atomic E-state index is 10.1. The van der Waals surface area contributed by atoms with E-state index in [1.165, 1.54) is 16.9 Å². The molecule has 0 saturated heterocycles. The Morgan fingerprint density at radius 1 is 1.04 bits per heavy atom. The highest BCUT2D eigenvalue weighted by Gasteiger charge is 2.08. The highest BCUT2D eigenvalue weighted by Crippen LogP contribution is 2.35. The average Bonchev–Trinajstić information content (AvgIpc) is 2.96. The van der Waals surface area contributed by atoms with Crippen molar-refractivity contribution in [2.24, 2.45) is 4.99 Å². The van der Waals surface area contributed by atoms with Crippen LogP contribution >= 0.6 is 11.3 Å². The molecule has 0 aliphatic rings. The lowest BCUT2D eigenvalue weighted by Gasteiger charge is -2.05. The van der Waals surface area contributed by atoms with E-state index in [2.05, 4.69) is 24.0 Å². The van der Waals surface area contributed by atoms with Crippen molar-refractivity contribution in [3.05, 3.63) is 77.9 Å². The highest BCUT2D eigenvalue weighted by atomic mass is 32.1. The summed E-state index contributed by atoms with van der Waals surface area (Å²) in [5.41, 5.74) is 3.18. The molecule has 1 atom stereocenters. The van der Waals surface area contributed by atoms with Crippen LogP contribution < -0.4 is 0 Å². The van der Waals surface area contributed by atoms with E-state index >= 15 is 0 Å². The van der Waals surface area contributed by atoms with E-state index in [9.17, 15) is 5.11 Å². The fourth-order valence-corrected chi connectivity index (χ4v) is 3.33. The van der Waals surface area contributed by atoms with Gasteiger partial charge in [0.25, 0.3) is 0 Å². The Morgan fingerprint density at radius 2 is 1.70 bits per heavy atom. The molecule has 3 rings (SSSR count). The van der Waals surface area contributed by atoms with Gasteiger partial charge >= 0.3 is 0 Å². The minimum absolute atomic E-state index is 0.178. The zero-order valence-electron chi connectivity index (χ0n) is 13.0. The lowest BCUT2D eigenvalue weighted by molar-refractivity contribution is 0.490. The summed E-state index contributed by atoms with van der Waals surface area (Å²) in [5, 5.41) is 10.4. The van der Waals surface area contributed by atoms with E-state index in [4.69, 9.17) is 0 Å². The monoisotopic (exact) mass is 321 g/mol. The number of hydrogen-bond donors (Lipinski definition) is 1. The van der Waals surface area contributed by atoms with Gasteiger partial charge in [0, 0.05) is 16.7 Å². The van der Waals surface area contributed by atoms with Gasteiger partial charge in [0.05, 0.1) is 6.04 Å². The van der Waals surface area contributed by atoms with Crippen molar-refractivity contribution in [1.82, 2.24) is 0 Å². The van der Waals surface area contributed by atoms with Gasteiger partial charge < -0.3 is 5.11 Å². The van der Waals surface area contributed by atoms with Crippen LogP contribution in [0.5, 0.6) is 5.06 Å². The molecule has 0 aliphatic heterocycles. The Balaban J connectivity index is 1.71. The normalized spacial score (nSPS) is 12.6. The number of benzene rings is 2. The largest absolute Gasteiger partial charge is 0.499 e. The van der Waals surface area contributed by atoms with Crippen LogP contribution in [0.25, 0.3) is 10.4 Å². The molecule has 0 saturated carbocycles. The van der Waals surface area contributed by atoms with E-state index in [1.807, 2.05) is 54.6 Å².